The quantitative estimate of drug-likeness (QED) is 0.543. The Morgan fingerprint density at radius 1 is 1.60 bits per heavy atom. The Balaban J connectivity index is 2.25. The van der Waals surface area contributed by atoms with E-state index in [1.165, 1.54) is 6.42 Å². The van der Waals surface area contributed by atoms with E-state index in [-0.39, 0.29) is 0 Å². The van der Waals surface area contributed by atoms with Crippen LogP contribution >= 0.6 is 11.8 Å². The van der Waals surface area contributed by atoms with Crippen LogP contribution in [0, 0.1) is 0 Å². The van der Waals surface area contributed by atoms with Crippen LogP contribution in [0.3, 0.4) is 0 Å². The number of nitrogens with one attached hydrogen (secondary N) is 1. The van der Waals surface area contributed by atoms with Crippen LogP contribution in [-0.2, 0) is 12.3 Å². The normalized spacial score (nSPS) is 10.5. The maximum Gasteiger partial charge on any atom is 0.240 e. The number of hydrogen-bond acceptors (Lipinski definition) is 5. The monoisotopic (exact) mass is 227 g/mol. The molecule has 0 fully saturated rings. The summed E-state index contributed by atoms with van der Waals surface area (Å²) in [6.45, 7) is 7.14. The molecule has 0 aliphatic rings. The zero-order valence-electron chi connectivity index (χ0n) is 9.03. The van der Waals surface area contributed by atoms with E-state index in [0.29, 0.717) is 12.4 Å². The van der Waals surface area contributed by atoms with Crippen molar-refractivity contribution in [2.45, 2.75) is 25.6 Å². The Morgan fingerprint density at radius 3 is 3.20 bits per heavy atom. The highest BCUT2D eigenvalue weighted by Crippen LogP contribution is 2.09. The summed E-state index contributed by atoms with van der Waals surface area (Å²) < 4.78 is 5.07. The molecule has 0 saturated heterocycles. The van der Waals surface area contributed by atoms with Crippen LogP contribution in [0.5, 0.6) is 0 Å². The highest BCUT2D eigenvalue weighted by Gasteiger charge is 2.04. The van der Waals surface area contributed by atoms with Gasteiger partial charge in [0.15, 0.2) is 5.82 Å². The largest absolute Gasteiger partial charge is 0.338 e. The van der Waals surface area contributed by atoms with Crippen molar-refractivity contribution in [3.8, 4) is 0 Å². The molecule has 5 heteroatoms. The Labute approximate surface area is 94.5 Å². The summed E-state index contributed by atoms with van der Waals surface area (Å²) in [7, 11) is 0. The van der Waals surface area contributed by atoms with Crippen molar-refractivity contribution < 1.29 is 4.52 Å². The molecule has 1 rings (SSSR count). The van der Waals surface area contributed by atoms with Crippen LogP contribution in [0.2, 0.25) is 0 Å². The molecule has 84 valence electrons. The van der Waals surface area contributed by atoms with Gasteiger partial charge in [0.1, 0.15) is 0 Å². The Hall–Kier alpha value is -0.810. The molecule has 0 amide bonds. The molecule has 15 heavy (non-hydrogen) atoms. The summed E-state index contributed by atoms with van der Waals surface area (Å²) in [6.07, 6.45) is 2.98. The second-order valence-corrected chi connectivity index (χ2v) is 4.18. The maximum absolute atomic E-state index is 5.07. The minimum absolute atomic E-state index is 0.609. The third-order valence-corrected chi connectivity index (χ3v) is 2.81. The van der Waals surface area contributed by atoms with E-state index in [2.05, 4.69) is 29.0 Å². The van der Waals surface area contributed by atoms with Gasteiger partial charge in [-0.2, -0.15) is 16.7 Å². The van der Waals surface area contributed by atoms with Crippen LogP contribution in [0.1, 0.15) is 25.1 Å². The van der Waals surface area contributed by atoms with Gasteiger partial charge in [0.05, 0.1) is 12.3 Å². The molecule has 0 radical (unpaired) electrons. The maximum atomic E-state index is 5.07. The van der Waals surface area contributed by atoms with Crippen LogP contribution in [0.25, 0.3) is 0 Å². The average molecular weight is 227 g/mol. The summed E-state index contributed by atoms with van der Waals surface area (Å²) in [5.74, 6) is 3.39. The summed E-state index contributed by atoms with van der Waals surface area (Å²) >= 11 is 1.83. The second-order valence-electron chi connectivity index (χ2n) is 3.08. The molecule has 0 aromatic carbocycles. The molecule has 0 bridgehead atoms. The predicted molar refractivity (Wildman–Crippen MR) is 62.7 cm³/mol. The van der Waals surface area contributed by atoms with E-state index in [9.17, 15) is 0 Å². The van der Waals surface area contributed by atoms with Crippen LogP contribution in [-0.4, -0.2) is 22.4 Å². The smallest absolute Gasteiger partial charge is 0.240 e. The third-order valence-electron chi connectivity index (χ3n) is 1.65. The number of rotatable bonds is 8. The van der Waals surface area contributed by atoms with Crippen molar-refractivity contribution in [3.05, 3.63) is 24.4 Å². The van der Waals surface area contributed by atoms with Crippen molar-refractivity contribution in [3.63, 3.8) is 0 Å². The highest BCUT2D eigenvalue weighted by atomic mass is 32.2. The van der Waals surface area contributed by atoms with E-state index in [1.807, 2.05) is 11.8 Å². The van der Waals surface area contributed by atoms with Crippen LogP contribution in [0.4, 0.5) is 0 Å². The number of aromatic nitrogens is 2. The van der Waals surface area contributed by atoms with Gasteiger partial charge >= 0.3 is 0 Å². The number of thioether (sulfide) groups is 1. The van der Waals surface area contributed by atoms with Gasteiger partial charge in [0.25, 0.3) is 0 Å². The zero-order valence-corrected chi connectivity index (χ0v) is 9.85. The fourth-order valence-corrected chi connectivity index (χ4v) is 1.74. The third kappa shape index (κ3) is 4.99. The van der Waals surface area contributed by atoms with E-state index in [4.69, 9.17) is 4.52 Å². The molecule has 0 unspecified atom stereocenters. The first-order valence-corrected chi connectivity index (χ1v) is 6.23. The minimum atomic E-state index is 0.609. The van der Waals surface area contributed by atoms with Gasteiger partial charge in [0, 0.05) is 6.54 Å². The Kier molecular flexibility index (Phi) is 6.11. The van der Waals surface area contributed by atoms with Gasteiger partial charge in [-0.05, 0) is 12.2 Å². The van der Waals surface area contributed by atoms with Crippen molar-refractivity contribution in [2.24, 2.45) is 0 Å². The van der Waals surface area contributed by atoms with Gasteiger partial charge in [-0.3, -0.25) is 0 Å². The van der Waals surface area contributed by atoms with Crippen LogP contribution < -0.4 is 5.32 Å². The summed E-state index contributed by atoms with van der Waals surface area (Å²) in [5.41, 5.74) is 0. The molecular weight excluding hydrogens is 210 g/mol. The molecular formula is C10H17N3OS. The Morgan fingerprint density at radius 2 is 2.47 bits per heavy atom. The fourth-order valence-electron chi connectivity index (χ4n) is 1.01. The predicted octanol–water partition coefficient (Wildman–Crippen LogP) is 1.99. The topological polar surface area (TPSA) is 51.0 Å². The van der Waals surface area contributed by atoms with E-state index in [1.54, 1.807) is 6.08 Å². The first-order valence-electron chi connectivity index (χ1n) is 5.07. The van der Waals surface area contributed by atoms with Gasteiger partial charge in [0.2, 0.25) is 5.89 Å². The molecule has 1 aromatic rings. The molecule has 0 aliphatic carbocycles. The van der Waals surface area contributed by atoms with Crippen molar-refractivity contribution in [1.82, 2.24) is 15.5 Å². The lowest BCUT2D eigenvalue weighted by Gasteiger charge is -1.94. The highest BCUT2D eigenvalue weighted by molar-refractivity contribution is 7.98. The second kappa shape index (κ2) is 7.48. The number of nitrogens with zero attached hydrogens (tertiary/aromatic N) is 2. The van der Waals surface area contributed by atoms with E-state index >= 15 is 0 Å². The first kappa shape index (κ1) is 12.3. The molecule has 0 saturated carbocycles. The molecule has 1 N–H and O–H groups in total. The lowest BCUT2D eigenvalue weighted by atomic mass is 10.5. The van der Waals surface area contributed by atoms with E-state index < -0.39 is 0 Å². The summed E-state index contributed by atoms with van der Waals surface area (Å²) in [4.78, 5) is 4.26. The molecule has 1 heterocycles. The van der Waals surface area contributed by atoms with E-state index in [0.717, 1.165) is 23.9 Å². The molecule has 0 spiro atoms. The fraction of sp³-hybridized carbons (Fsp3) is 0.600. The minimum Gasteiger partial charge on any atom is -0.338 e. The Bertz CT molecular complexity index is 288. The zero-order chi connectivity index (χ0) is 10.9. The van der Waals surface area contributed by atoms with Gasteiger partial charge in [-0.15, -0.1) is 6.58 Å². The van der Waals surface area contributed by atoms with Crippen LogP contribution in [0.15, 0.2) is 17.2 Å². The van der Waals surface area contributed by atoms with Crippen molar-refractivity contribution in [2.75, 3.05) is 12.3 Å². The summed E-state index contributed by atoms with van der Waals surface area (Å²) in [6, 6.07) is 0. The molecule has 1 aromatic heterocycles. The van der Waals surface area contributed by atoms with Gasteiger partial charge in [-0.1, -0.05) is 18.2 Å². The van der Waals surface area contributed by atoms with Crippen molar-refractivity contribution in [1.29, 1.82) is 0 Å². The van der Waals surface area contributed by atoms with Gasteiger partial charge < -0.3 is 9.84 Å². The van der Waals surface area contributed by atoms with Gasteiger partial charge in [-0.25, -0.2) is 0 Å². The average Bonchev–Trinajstić information content (AvgIpc) is 2.67. The first-order chi connectivity index (χ1) is 7.36. The lowest BCUT2D eigenvalue weighted by molar-refractivity contribution is 0.366. The molecule has 0 atom stereocenters. The SMILES string of the molecule is C=CCNCc1nc(CSCCC)no1. The summed E-state index contributed by atoms with van der Waals surface area (Å²) in [5, 5.41) is 7.00. The number of hydrogen-bond donors (Lipinski definition) is 1. The molecule has 4 nitrogen and oxygen atoms in total. The lowest BCUT2D eigenvalue weighted by Crippen LogP contribution is -2.12. The standard InChI is InChI=1S/C10H17N3OS/c1-3-5-11-7-10-12-9(13-14-10)8-15-6-4-2/h3,11H,1,4-8H2,2H3. The van der Waals surface area contributed by atoms with Crippen molar-refractivity contribution >= 4 is 11.8 Å². The molecule has 0 aliphatic heterocycles.